The van der Waals surface area contributed by atoms with Crippen LogP contribution in [0.25, 0.3) is 0 Å². The van der Waals surface area contributed by atoms with E-state index in [9.17, 15) is 9.90 Å². The van der Waals surface area contributed by atoms with Crippen molar-refractivity contribution in [3.8, 4) is 5.75 Å². The summed E-state index contributed by atoms with van der Waals surface area (Å²) >= 11 is 0. The van der Waals surface area contributed by atoms with Crippen molar-refractivity contribution in [2.45, 2.75) is 6.92 Å². The van der Waals surface area contributed by atoms with E-state index in [-0.39, 0.29) is 11.3 Å². The first-order chi connectivity index (χ1) is 9.59. The third kappa shape index (κ3) is 2.95. The summed E-state index contributed by atoms with van der Waals surface area (Å²) in [6, 6.07) is 13.5. The van der Waals surface area contributed by atoms with Crippen molar-refractivity contribution >= 4 is 17.3 Å². The van der Waals surface area contributed by atoms with Crippen LogP contribution in [0, 0.1) is 0 Å². The number of aromatic hydroxyl groups is 1. The Morgan fingerprint density at radius 1 is 1.10 bits per heavy atom. The summed E-state index contributed by atoms with van der Waals surface area (Å²) in [6.45, 7) is 1.75. The molecular weight excluding hydrogens is 254 g/mol. The van der Waals surface area contributed by atoms with Crippen molar-refractivity contribution < 1.29 is 9.90 Å². The van der Waals surface area contributed by atoms with E-state index in [1.165, 1.54) is 12.1 Å². The lowest BCUT2D eigenvalue weighted by Gasteiger charge is -2.06. The van der Waals surface area contributed by atoms with Crippen LogP contribution in [-0.4, -0.2) is 16.7 Å². The molecule has 0 aromatic heterocycles. The molecule has 102 valence electrons. The van der Waals surface area contributed by atoms with Crippen LogP contribution < -0.4 is 11.2 Å². The molecule has 0 unspecified atom stereocenters. The molecule has 4 N–H and O–H groups in total. The van der Waals surface area contributed by atoms with Crippen LogP contribution in [0.4, 0.5) is 5.69 Å². The summed E-state index contributed by atoms with van der Waals surface area (Å²) in [6.07, 6.45) is 0. The summed E-state index contributed by atoms with van der Waals surface area (Å²) in [4.78, 5) is 11.9. The molecule has 0 radical (unpaired) electrons. The highest BCUT2D eigenvalue weighted by Crippen LogP contribution is 2.15. The molecular formula is C15H15N3O2. The minimum absolute atomic E-state index is 0.0860. The first-order valence-electron chi connectivity index (χ1n) is 6.07. The summed E-state index contributed by atoms with van der Waals surface area (Å²) in [5.74, 6) is -0.561. The molecule has 5 nitrogen and oxygen atoms in total. The largest absolute Gasteiger partial charge is 0.507 e. The summed E-state index contributed by atoms with van der Waals surface area (Å²) in [7, 11) is 0. The Labute approximate surface area is 116 Å². The Hall–Kier alpha value is -2.82. The Bertz CT molecular complexity index is 666. The molecule has 0 aliphatic rings. The summed E-state index contributed by atoms with van der Waals surface area (Å²) in [5, 5.41) is 13.6. The number of benzene rings is 2. The average Bonchev–Trinajstić information content (AvgIpc) is 2.45. The highest BCUT2D eigenvalue weighted by atomic mass is 16.3. The van der Waals surface area contributed by atoms with Crippen molar-refractivity contribution in [2.75, 3.05) is 5.73 Å². The standard InChI is InChI=1S/C15H15N3O2/c1-10(11-6-2-4-8-13(11)16)17-18-15(20)12-7-3-5-9-14(12)19/h2-9,19H,16H2,1H3,(H,18,20). The van der Waals surface area contributed by atoms with Gasteiger partial charge in [0.1, 0.15) is 5.75 Å². The van der Waals surface area contributed by atoms with Gasteiger partial charge in [0.05, 0.1) is 11.3 Å². The molecule has 1 amide bonds. The van der Waals surface area contributed by atoms with Gasteiger partial charge in [-0.05, 0) is 25.1 Å². The molecule has 0 bridgehead atoms. The number of nitrogens with two attached hydrogens (primary N) is 1. The van der Waals surface area contributed by atoms with Crippen molar-refractivity contribution in [2.24, 2.45) is 5.10 Å². The van der Waals surface area contributed by atoms with Crippen LogP contribution in [0.5, 0.6) is 5.75 Å². The van der Waals surface area contributed by atoms with Gasteiger partial charge in [-0.3, -0.25) is 4.79 Å². The van der Waals surface area contributed by atoms with Crippen LogP contribution in [-0.2, 0) is 0 Å². The maximum Gasteiger partial charge on any atom is 0.275 e. The number of hydrogen-bond acceptors (Lipinski definition) is 4. The molecule has 2 aromatic carbocycles. The fourth-order valence-corrected chi connectivity index (χ4v) is 1.75. The van der Waals surface area contributed by atoms with Gasteiger partial charge in [-0.1, -0.05) is 30.3 Å². The van der Waals surface area contributed by atoms with E-state index in [0.29, 0.717) is 11.4 Å². The molecule has 0 heterocycles. The van der Waals surface area contributed by atoms with Crippen LogP contribution in [0.2, 0.25) is 0 Å². The van der Waals surface area contributed by atoms with E-state index in [0.717, 1.165) is 5.56 Å². The second-order valence-corrected chi connectivity index (χ2v) is 4.24. The number of phenolic OH excluding ortho intramolecular Hbond substituents is 1. The molecule has 0 saturated carbocycles. The number of nitrogens with one attached hydrogen (secondary N) is 1. The lowest BCUT2D eigenvalue weighted by atomic mass is 10.1. The number of hydrazone groups is 1. The van der Waals surface area contributed by atoms with Gasteiger partial charge in [-0.2, -0.15) is 5.10 Å². The van der Waals surface area contributed by atoms with Gasteiger partial charge in [0.2, 0.25) is 0 Å². The number of para-hydroxylation sites is 2. The zero-order chi connectivity index (χ0) is 14.5. The van der Waals surface area contributed by atoms with Gasteiger partial charge in [0.15, 0.2) is 0 Å². The molecule has 0 saturated heterocycles. The van der Waals surface area contributed by atoms with Crippen LogP contribution in [0.3, 0.4) is 0 Å². The Morgan fingerprint density at radius 2 is 1.70 bits per heavy atom. The lowest BCUT2D eigenvalue weighted by molar-refractivity contribution is 0.0952. The number of rotatable bonds is 3. The molecule has 0 aliphatic carbocycles. The third-order valence-electron chi connectivity index (χ3n) is 2.82. The second kappa shape index (κ2) is 5.88. The quantitative estimate of drug-likeness (QED) is 0.453. The van der Waals surface area contributed by atoms with Gasteiger partial charge < -0.3 is 10.8 Å². The molecule has 0 spiro atoms. The molecule has 2 aromatic rings. The number of nitrogens with zero attached hydrogens (tertiary/aromatic N) is 1. The van der Waals surface area contributed by atoms with E-state index in [1.54, 1.807) is 25.1 Å². The van der Waals surface area contributed by atoms with E-state index in [4.69, 9.17) is 5.73 Å². The SMILES string of the molecule is CC(=NNC(=O)c1ccccc1O)c1ccccc1N. The number of carbonyl (C=O) groups is 1. The Morgan fingerprint density at radius 3 is 2.35 bits per heavy atom. The number of hydrogen-bond donors (Lipinski definition) is 3. The smallest absolute Gasteiger partial charge is 0.275 e. The normalized spacial score (nSPS) is 11.2. The molecule has 5 heteroatoms. The average molecular weight is 269 g/mol. The number of carbonyl (C=O) groups excluding carboxylic acids is 1. The van der Waals surface area contributed by atoms with E-state index < -0.39 is 5.91 Å². The molecule has 0 atom stereocenters. The first-order valence-corrected chi connectivity index (χ1v) is 6.07. The molecule has 0 aliphatic heterocycles. The van der Waals surface area contributed by atoms with E-state index in [2.05, 4.69) is 10.5 Å². The predicted molar refractivity (Wildman–Crippen MR) is 78.6 cm³/mol. The van der Waals surface area contributed by atoms with Gasteiger partial charge in [0.25, 0.3) is 5.91 Å². The number of amides is 1. The molecule has 0 fully saturated rings. The first kappa shape index (κ1) is 13.6. The minimum Gasteiger partial charge on any atom is -0.507 e. The highest BCUT2D eigenvalue weighted by Gasteiger charge is 2.09. The summed E-state index contributed by atoms with van der Waals surface area (Å²) < 4.78 is 0. The van der Waals surface area contributed by atoms with Gasteiger partial charge in [-0.25, -0.2) is 5.43 Å². The van der Waals surface area contributed by atoms with Gasteiger partial charge in [-0.15, -0.1) is 0 Å². The van der Waals surface area contributed by atoms with E-state index >= 15 is 0 Å². The maximum absolute atomic E-state index is 11.9. The topological polar surface area (TPSA) is 87.7 Å². The minimum atomic E-state index is -0.475. The van der Waals surface area contributed by atoms with Crippen molar-refractivity contribution in [3.05, 3.63) is 59.7 Å². The van der Waals surface area contributed by atoms with Crippen molar-refractivity contribution in [1.82, 2.24) is 5.43 Å². The fraction of sp³-hybridized carbons (Fsp3) is 0.0667. The third-order valence-corrected chi connectivity index (χ3v) is 2.82. The van der Waals surface area contributed by atoms with Gasteiger partial charge >= 0.3 is 0 Å². The van der Waals surface area contributed by atoms with Crippen LogP contribution >= 0.6 is 0 Å². The summed E-state index contributed by atoms with van der Waals surface area (Å²) in [5.41, 5.74) is 10.3. The molecule has 2 rings (SSSR count). The zero-order valence-electron chi connectivity index (χ0n) is 11.0. The second-order valence-electron chi connectivity index (χ2n) is 4.24. The number of phenols is 1. The predicted octanol–water partition coefficient (Wildman–Crippen LogP) is 2.13. The zero-order valence-corrected chi connectivity index (χ0v) is 11.0. The van der Waals surface area contributed by atoms with Crippen LogP contribution in [0.1, 0.15) is 22.8 Å². The monoisotopic (exact) mass is 269 g/mol. The highest BCUT2D eigenvalue weighted by molar-refractivity contribution is 6.04. The van der Waals surface area contributed by atoms with Crippen LogP contribution in [0.15, 0.2) is 53.6 Å². The molecule has 20 heavy (non-hydrogen) atoms. The Kier molecular flexibility index (Phi) is 4.00. The van der Waals surface area contributed by atoms with E-state index in [1.807, 2.05) is 18.2 Å². The number of nitrogen functional groups attached to an aromatic ring is 1. The maximum atomic E-state index is 11.9. The lowest BCUT2D eigenvalue weighted by Crippen LogP contribution is -2.19. The van der Waals surface area contributed by atoms with Gasteiger partial charge in [0, 0.05) is 11.3 Å². The Balaban J connectivity index is 2.16. The fourth-order valence-electron chi connectivity index (χ4n) is 1.75. The number of anilines is 1. The van der Waals surface area contributed by atoms with Crippen molar-refractivity contribution in [3.63, 3.8) is 0 Å². The van der Waals surface area contributed by atoms with Crippen molar-refractivity contribution in [1.29, 1.82) is 0 Å².